The average Bonchev–Trinajstić information content (AvgIpc) is 3.33. The number of carbonyl (C=O) groups excluding carboxylic acids is 5. The third-order valence-electron chi connectivity index (χ3n) is 8.92. The van der Waals surface area contributed by atoms with E-state index in [1.165, 1.54) is 6.20 Å². The van der Waals surface area contributed by atoms with E-state index >= 15 is 0 Å². The Kier molecular flexibility index (Phi) is 10.8. The molecule has 2 fully saturated rings. The summed E-state index contributed by atoms with van der Waals surface area (Å²) >= 11 is 0. The molecular formula is C32H45N5O6. The molecule has 1 aromatic carbocycles. The van der Waals surface area contributed by atoms with Crippen LogP contribution >= 0.6 is 0 Å². The van der Waals surface area contributed by atoms with E-state index in [1.54, 1.807) is 17.0 Å². The number of ketones is 1. The molecule has 4 amide bonds. The summed E-state index contributed by atoms with van der Waals surface area (Å²) in [6.45, 7) is 6.00. The zero-order valence-electron chi connectivity index (χ0n) is 25.4. The Morgan fingerprint density at radius 1 is 0.977 bits per heavy atom. The Morgan fingerprint density at radius 3 is 2.47 bits per heavy atom. The summed E-state index contributed by atoms with van der Waals surface area (Å²) in [6, 6.07) is 3.59. The van der Waals surface area contributed by atoms with Crippen LogP contribution in [0, 0.1) is 5.92 Å². The highest BCUT2D eigenvalue weighted by Crippen LogP contribution is 2.24. The van der Waals surface area contributed by atoms with Gasteiger partial charge in [-0.2, -0.15) is 4.73 Å². The van der Waals surface area contributed by atoms with E-state index in [1.807, 2.05) is 32.9 Å². The van der Waals surface area contributed by atoms with Gasteiger partial charge in [0.1, 0.15) is 30.0 Å². The molecule has 0 spiro atoms. The summed E-state index contributed by atoms with van der Waals surface area (Å²) in [4.78, 5) is 68.7. The number of Topliss-reactive ketones (excluding diaryl/α,β-unsaturated/α-hetero) is 1. The Bertz CT molecular complexity index is 1340. The van der Waals surface area contributed by atoms with Crippen LogP contribution < -0.4 is 16.0 Å². The van der Waals surface area contributed by atoms with Crippen LogP contribution in [0.3, 0.4) is 0 Å². The molecule has 234 valence electrons. The first-order valence-corrected chi connectivity index (χ1v) is 15.7. The predicted molar refractivity (Wildman–Crippen MR) is 161 cm³/mol. The lowest BCUT2D eigenvalue weighted by Crippen LogP contribution is -2.64. The monoisotopic (exact) mass is 595 g/mol. The van der Waals surface area contributed by atoms with E-state index in [0.717, 1.165) is 23.0 Å². The highest BCUT2D eigenvalue weighted by atomic mass is 16.5. The van der Waals surface area contributed by atoms with Gasteiger partial charge in [0.25, 0.3) is 0 Å². The summed E-state index contributed by atoms with van der Waals surface area (Å²) in [6.07, 6.45) is 6.47. The van der Waals surface area contributed by atoms with Gasteiger partial charge in [-0.3, -0.25) is 24.0 Å². The largest absolute Gasteiger partial charge is 0.428 e. The molecule has 2 aliphatic heterocycles. The number of hydrogen-bond acceptors (Lipinski definition) is 6. The van der Waals surface area contributed by atoms with Crippen LogP contribution in [-0.4, -0.2) is 75.0 Å². The molecule has 3 heterocycles. The second kappa shape index (κ2) is 14.5. The van der Waals surface area contributed by atoms with Crippen LogP contribution in [0.25, 0.3) is 10.9 Å². The zero-order valence-corrected chi connectivity index (χ0v) is 25.4. The number of carbonyl (C=O) groups is 5. The maximum atomic E-state index is 14.0. The summed E-state index contributed by atoms with van der Waals surface area (Å²) in [5.74, 6) is -1.76. The topological polar surface area (TPSA) is 150 Å². The van der Waals surface area contributed by atoms with Crippen molar-refractivity contribution in [3.63, 3.8) is 0 Å². The molecule has 0 bridgehead atoms. The Balaban J connectivity index is 1.68. The van der Waals surface area contributed by atoms with Gasteiger partial charge in [0, 0.05) is 37.4 Å². The fourth-order valence-corrected chi connectivity index (χ4v) is 6.08. The average molecular weight is 596 g/mol. The molecule has 1 aromatic heterocycles. The van der Waals surface area contributed by atoms with Crippen molar-refractivity contribution in [2.24, 2.45) is 5.92 Å². The molecule has 0 aliphatic carbocycles. The molecule has 2 aromatic rings. The van der Waals surface area contributed by atoms with Crippen molar-refractivity contribution in [3.05, 3.63) is 36.0 Å². The number of benzene rings is 1. The van der Waals surface area contributed by atoms with E-state index in [9.17, 15) is 29.2 Å². The van der Waals surface area contributed by atoms with Crippen LogP contribution in [-0.2, 0) is 30.4 Å². The minimum Gasteiger partial charge on any atom is -0.428 e. The van der Waals surface area contributed by atoms with Crippen LogP contribution in [0.4, 0.5) is 0 Å². The second-order valence-corrected chi connectivity index (χ2v) is 11.9. The molecule has 5 atom stereocenters. The minimum absolute atomic E-state index is 0.0606. The fourth-order valence-electron chi connectivity index (χ4n) is 6.08. The first-order valence-electron chi connectivity index (χ1n) is 15.7. The van der Waals surface area contributed by atoms with Crippen molar-refractivity contribution >= 4 is 40.3 Å². The van der Waals surface area contributed by atoms with Gasteiger partial charge in [0.2, 0.25) is 23.6 Å². The van der Waals surface area contributed by atoms with Gasteiger partial charge in [-0.1, -0.05) is 51.8 Å². The van der Waals surface area contributed by atoms with E-state index in [0.29, 0.717) is 62.6 Å². The number of nitrogens with one attached hydrogen (secondary N) is 3. The molecule has 0 saturated carbocycles. The Labute approximate surface area is 252 Å². The summed E-state index contributed by atoms with van der Waals surface area (Å²) in [5, 5.41) is 19.9. The van der Waals surface area contributed by atoms with Crippen molar-refractivity contribution in [1.82, 2.24) is 25.6 Å². The van der Waals surface area contributed by atoms with Gasteiger partial charge in [0.15, 0.2) is 0 Å². The molecule has 4 N–H and O–H groups in total. The number of hydrogen-bond donors (Lipinski definition) is 4. The van der Waals surface area contributed by atoms with Crippen LogP contribution in [0.5, 0.6) is 0 Å². The van der Waals surface area contributed by atoms with Gasteiger partial charge in [-0.05, 0) is 49.7 Å². The Morgan fingerprint density at radius 2 is 1.72 bits per heavy atom. The number of nitrogens with zero attached hydrogens (tertiary/aromatic N) is 2. The van der Waals surface area contributed by atoms with Crippen LogP contribution in [0.15, 0.2) is 30.5 Å². The Hall–Kier alpha value is -3.89. The molecule has 11 heteroatoms. The van der Waals surface area contributed by atoms with Crippen molar-refractivity contribution in [2.75, 3.05) is 6.54 Å². The van der Waals surface area contributed by atoms with Crippen LogP contribution in [0.2, 0.25) is 0 Å². The first-order chi connectivity index (χ1) is 20.6. The van der Waals surface area contributed by atoms with Gasteiger partial charge >= 0.3 is 0 Å². The third kappa shape index (κ3) is 7.55. The standard InChI is InChI=1S/C32H45N5O6/c1-4-20(3)28-31(41)34-25(18-21-19-37(43)26-15-9-7-13-23(21)26)29(39)33-24(14-8-6-12-22(38)5-2)32(42)36-17-11-10-16-27(36)30(40)35-28/h7,9,13,15,19-20,24-25,27-28,43H,4-6,8,10-12,14,16-18H2,1-3H3,(H,33,39)(H,34,41)(H,35,40)/t20?,24?,25-,27-,28-/m0/s1. The molecule has 43 heavy (non-hydrogen) atoms. The minimum atomic E-state index is -1.07. The molecule has 2 aliphatic rings. The second-order valence-electron chi connectivity index (χ2n) is 11.9. The third-order valence-corrected chi connectivity index (χ3v) is 8.92. The molecule has 4 rings (SSSR count). The van der Waals surface area contributed by atoms with Crippen molar-refractivity contribution in [3.8, 4) is 0 Å². The van der Waals surface area contributed by atoms with Crippen molar-refractivity contribution in [1.29, 1.82) is 0 Å². The number of unbranched alkanes of at least 4 members (excludes halogenated alkanes) is 1. The van der Waals surface area contributed by atoms with E-state index in [2.05, 4.69) is 16.0 Å². The van der Waals surface area contributed by atoms with E-state index < -0.39 is 36.0 Å². The lowest BCUT2D eigenvalue weighted by molar-refractivity contribution is -0.147. The predicted octanol–water partition coefficient (Wildman–Crippen LogP) is 2.86. The van der Waals surface area contributed by atoms with Gasteiger partial charge in [-0.15, -0.1) is 0 Å². The maximum Gasteiger partial charge on any atom is 0.245 e. The summed E-state index contributed by atoms with van der Waals surface area (Å²) in [7, 11) is 0. The molecular weight excluding hydrogens is 550 g/mol. The van der Waals surface area contributed by atoms with Crippen molar-refractivity contribution in [2.45, 2.75) is 109 Å². The highest BCUT2D eigenvalue weighted by Gasteiger charge is 2.40. The summed E-state index contributed by atoms with van der Waals surface area (Å²) < 4.78 is 0.988. The lowest BCUT2D eigenvalue weighted by atomic mass is 9.94. The number of piperidine rings is 1. The number of fused-ring (bicyclic) bond motifs is 2. The smallest absolute Gasteiger partial charge is 0.245 e. The number of rotatable bonds is 10. The zero-order chi connectivity index (χ0) is 31.1. The maximum absolute atomic E-state index is 14.0. The molecule has 11 nitrogen and oxygen atoms in total. The van der Waals surface area contributed by atoms with E-state index in [4.69, 9.17) is 0 Å². The molecule has 0 radical (unpaired) electrons. The van der Waals surface area contributed by atoms with Crippen LogP contribution in [0.1, 0.15) is 84.1 Å². The van der Waals surface area contributed by atoms with Crippen molar-refractivity contribution < 1.29 is 29.2 Å². The molecule has 2 saturated heterocycles. The highest BCUT2D eigenvalue weighted by molar-refractivity contribution is 5.98. The number of amides is 4. The van der Waals surface area contributed by atoms with Gasteiger partial charge in [-0.25, -0.2) is 0 Å². The first kappa shape index (κ1) is 32.0. The quantitative estimate of drug-likeness (QED) is 0.245. The normalized spacial score (nSPS) is 24.3. The van der Waals surface area contributed by atoms with E-state index in [-0.39, 0.29) is 29.9 Å². The number of para-hydroxylation sites is 1. The number of aromatic nitrogens is 1. The summed E-state index contributed by atoms with van der Waals surface area (Å²) in [5.41, 5.74) is 1.21. The fraction of sp³-hybridized carbons (Fsp3) is 0.594. The molecule has 2 unspecified atom stereocenters. The van der Waals surface area contributed by atoms with Gasteiger partial charge in [0.05, 0.1) is 5.52 Å². The van der Waals surface area contributed by atoms with Gasteiger partial charge < -0.3 is 26.1 Å². The lowest BCUT2D eigenvalue weighted by Gasteiger charge is -2.39. The SMILES string of the molecule is CCC(=O)CCCCC1NC(=O)[C@H](Cc2cn(O)c3ccccc23)NC(=O)[C@H](C(C)CC)NC(=O)[C@@H]2CCCCN2C1=O.